The SMILES string of the molecule is CCN1CCC(CNC(=O)c2nc(N)ccc2Cl)CC1. The fraction of sp³-hybridized carbons (Fsp3) is 0.571. The summed E-state index contributed by atoms with van der Waals surface area (Å²) in [4.78, 5) is 18.5. The first-order valence-electron chi connectivity index (χ1n) is 7.02. The van der Waals surface area contributed by atoms with E-state index in [2.05, 4.69) is 22.1 Å². The van der Waals surface area contributed by atoms with Crippen LogP contribution in [-0.2, 0) is 0 Å². The lowest BCUT2D eigenvalue weighted by atomic mass is 9.97. The molecule has 3 N–H and O–H groups in total. The van der Waals surface area contributed by atoms with Crippen LogP contribution in [0.1, 0.15) is 30.3 Å². The van der Waals surface area contributed by atoms with E-state index in [0.29, 0.717) is 23.3 Å². The van der Waals surface area contributed by atoms with Crippen molar-refractivity contribution in [3.05, 3.63) is 22.8 Å². The number of rotatable bonds is 4. The van der Waals surface area contributed by atoms with Crippen molar-refractivity contribution in [3.63, 3.8) is 0 Å². The molecule has 1 aromatic rings. The summed E-state index contributed by atoms with van der Waals surface area (Å²) in [6, 6.07) is 3.18. The first kappa shape index (κ1) is 15.1. The normalized spacial score (nSPS) is 17.1. The summed E-state index contributed by atoms with van der Waals surface area (Å²) in [5.41, 5.74) is 5.79. The molecule has 5 nitrogen and oxygen atoms in total. The van der Waals surface area contributed by atoms with Gasteiger partial charge >= 0.3 is 0 Å². The molecule has 0 aliphatic carbocycles. The molecule has 0 aromatic carbocycles. The van der Waals surface area contributed by atoms with Gasteiger partial charge in [0.05, 0.1) is 5.02 Å². The molecule has 1 saturated heterocycles. The Morgan fingerprint density at radius 3 is 2.85 bits per heavy atom. The molecule has 2 rings (SSSR count). The highest BCUT2D eigenvalue weighted by Gasteiger charge is 2.20. The maximum atomic E-state index is 12.1. The van der Waals surface area contributed by atoms with Gasteiger partial charge in [0.2, 0.25) is 0 Å². The monoisotopic (exact) mass is 296 g/mol. The number of amides is 1. The van der Waals surface area contributed by atoms with Crippen LogP contribution in [0.4, 0.5) is 5.82 Å². The average Bonchev–Trinajstić information content (AvgIpc) is 2.47. The molecule has 6 heteroatoms. The number of halogens is 1. The highest BCUT2D eigenvalue weighted by atomic mass is 35.5. The van der Waals surface area contributed by atoms with Gasteiger partial charge in [-0.25, -0.2) is 4.98 Å². The number of nitrogens with two attached hydrogens (primary N) is 1. The van der Waals surface area contributed by atoms with Gasteiger partial charge in [-0.1, -0.05) is 18.5 Å². The third-order valence-electron chi connectivity index (χ3n) is 3.79. The zero-order valence-corrected chi connectivity index (χ0v) is 12.5. The van der Waals surface area contributed by atoms with Crippen LogP contribution in [-0.4, -0.2) is 42.0 Å². The smallest absolute Gasteiger partial charge is 0.271 e. The topological polar surface area (TPSA) is 71.2 Å². The van der Waals surface area contributed by atoms with E-state index < -0.39 is 0 Å². The first-order valence-corrected chi connectivity index (χ1v) is 7.40. The lowest BCUT2D eigenvalue weighted by Crippen LogP contribution is -2.38. The van der Waals surface area contributed by atoms with Gasteiger partial charge in [-0.15, -0.1) is 0 Å². The van der Waals surface area contributed by atoms with Crippen LogP contribution in [0.3, 0.4) is 0 Å². The second-order valence-electron chi connectivity index (χ2n) is 5.15. The van der Waals surface area contributed by atoms with Crippen molar-refractivity contribution in [3.8, 4) is 0 Å². The number of hydrogen-bond acceptors (Lipinski definition) is 4. The van der Waals surface area contributed by atoms with E-state index in [9.17, 15) is 4.79 Å². The summed E-state index contributed by atoms with van der Waals surface area (Å²) in [7, 11) is 0. The van der Waals surface area contributed by atoms with Crippen LogP contribution in [0.5, 0.6) is 0 Å². The summed E-state index contributed by atoms with van der Waals surface area (Å²) in [5.74, 6) is 0.581. The zero-order chi connectivity index (χ0) is 14.5. The van der Waals surface area contributed by atoms with Crippen LogP contribution >= 0.6 is 11.6 Å². The highest BCUT2D eigenvalue weighted by molar-refractivity contribution is 6.33. The number of carbonyl (C=O) groups is 1. The number of hydrogen-bond donors (Lipinski definition) is 2. The molecule has 0 unspecified atom stereocenters. The summed E-state index contributed by atoms with van der Waals surface area (Å²) in [5, 5.41) is 3.24. The molecule has 0 spiro atoms. The minimum atomic E-state index is -0.250. The molecule has 1 aliphatic rings. The molecule has 110 valence electrons. The average molecular weight is 297 g/mol. The zero-order valence-electron chi connectivity index (χ0n) is 11.7. The molecule has 1 fully saturated rings. The van der Waals surface area contributed by atoms with Crippen LogP contribution in [0.2, 0.25) is 5.02 Å². The molecule has 2 heterocycles. The molecule has 20 heavy (non-hydrogen) atoms. The predicted molar refractivity (Wildman–Crippen MR) is 80.8 cm³/mol. The molecular formula is C14H21ClN4O. The molecule has 1 aliphatic heterocycles. The fourth-order valence-corrected chi connectivity index (χ4v) is 2.64. The van der Waals surface area contributed by atoms with Gasteiger partial charge in [-0.2, -0.15) is 0 Å². The van der Waals surface area contributed by atoms with Gasteiger partial charge in [0.15, 0.2) is 0 Å². The van der Waals surface area contributed by atoms with E-state index in [1.165, 1.54) is 0 Å². The summed E-state index contributed by atoms with van der Waals surface area (Å²) in [6.45, 7) is 6.16. The second-order valence-corrected chi connectivity index (χ2v) is 5.56. The van der Waals surface area contributed by atoms with E-state index in [1.54, 1.807) is 12.1 Å². The van der Waals surface area contributed by atoms with Gasteiger partial charge in [0.1, 0.15) is 11.5 Å². The van der Waals surface area contributed by atoms with E-state index >= 15 is 0 Å². The van der Waals surface area contributed by atoms with Crippen LogP contribution in [0, 0.1) is 5.92 Å². The number of pyridine rings is 1. The Hall–Kier alpha value is -1.33. The number of anilines is 1. The minimum Gasteiger partial charge on any atom is -0.384 e. The minimum absolute atomic E-state index is 0.206. The number of nitrogens with one attached hydrogen (secondary N) is 1. The summed E-state index contributed by atoms with van der Waals surface area (Å²) >= 11 is 5.96. The van der Waals surface area contributed by atoms with Crippen LogP contribution < -0.4 is 11.1 Å². The molecule has 1 amide bonds. The van der Waals surface area contributed by atoms with Crippen LogP contribution in [0.25, 0.3) is 0 Å². The molecule has 0 bridgehead atoms. The predicted octanol–water partition coefficient (Wildman–Crippen LogP) is 1.78. The lowest BCUT2D eigenvalue weighted by Gasteiger charge is -2.31. The van der Waals surface area contributed by atoms with Crippen molar-refractivity contribution in [1.82, 2.24) is 15.2 Å². The fourth-order valence-electron chi connectivity index (χ4n) is 2.44. The third kappa shape index (κ3) is 3.84. The largest absolute Gasteiger partial charge is 0.384 e. The second kappa shape index (κ2) is 6.90. The Labute approximate surface area is 124 Å². The maximum Gasteiger partial charge on any atom is 0.271 e. The van der Waals surface area contributed by atoms with Gasteiger partial charge in [-0.3, -0.25) is 4.79 Å². The number of likely N-dealkylation sites (tertiary alicyclic amines) is 1. The number of nitrogen functional groups attached to an aromatic ring is 1. The third-order valence-corrected chi connectivity index (χ3v) is 4.09. The Bertz CT molecular complexity index is 472. The van der Waals surface area contributed by atoms with Crippen LogP contribution in [0.15, 0.2) is 12.1 Å². The standard InChI is InChI=1S/C14H21ClN4O/c1-2-19-7-5-10(6-8-19)9-17-14(20)13-11(15)3-4-12(16)18-13/h3-4,10H,2,5-9H2,1H3,(H2,16,18)(H,17,20). The number of piperidine rings is 1. The lowest BCUT2D eigenvalue weighted by molar-refractivity contribution is 0.0932. The molecule has 1 aromatic heterocycles. The number of nitrogens with zero attached hydrogens (tertiary/aromatic N) is 2. The van der Waals surface area contributed by atoms with Crippen molar-refractivity contribution in [2.24, 2.45) is 5.92 Å². The molecule has 0 saturated carbocycles. The first-order chi connectivity index (χ1) is 9.60. The van der Waals surface area contributed by atoms with Gasteiger partial charge < -0.3 is 16.0 Å². The van der Waals surface area contributed by atoms with Crippen molar-refractivity contribution in [2.45, 2.75) is 19.8 Å². The van der Waals surface area contributed by atoms with E-state index in [1.807, 2.05) is 0 Å². The van der Waals surface area contributed by atoms with Gasteiger partial charge in [-0.05, 0) is 50.5 Å². The van der Waals surface area contributed by atoms with Gasteiger partial charge in [0, 0.05) is 6.54 Å². The number of carbonyl (C=O) groups excluding carboxylic acids is 1. The van der Waals surface area contributed by atoms with Crippen molar-refractivity contribution >= 4 is 23.3 Å². The maximum absolute atomic E-state index is 12.1. The summed E-state index contributed by atoms with van der Waals surface area (Å²) < 4.78 is 0. The Morgan fingerprint density at radius 1 is 1.50 bits per heavy atom. The van der Waals surface area contributed by atoms with Gasteiger partial charge in [0.25, 0.3) is 5.91 Å². The molecule has 0 radical (unpaired) electrons. The van der Waals surface area contributed by atoms with E-state index in [4.69, 9.17) is 17.3 Å². The van der Waals surface area contributed by atoms with Crippen molar-refractivity contribution in [1.29, 1.82) is 0 Å². The Balaban J connectivity index is 1.85. The molecule has 0 atom stereocenters. The van der Waals surface area contributed by atoms with Crippen molar-refractivity contribution in [2.75, 3.05) is 31.9 Å². The Morgan fingerprint density at radius 2 is 2.20 bits per heavy atom. The van der Waals surface area contributed by atoms with Crippen molar-refractivity contribution < 1.29 is 4.79 Å². The highest BCUT2D eigenvalue weighted by Crippen LogP contribution is 2.17. The summed E-state index contributed by atoms with van der Waals surface area (Å²) in [6.07, 6.45) is 2.23. The number of aromatic nitrogens is 1. The van der Waals surface area contributed by atoms with E-state index in [-0.39, 0.29) is 11.6 Å². The molecular weight excluding hydrogens is 276 g/mol. The quantitative estimate of drug-likeness (QED) is 0.888. The van der Waals surface area contributed by atoms with E-state index in [0.717, 1.165) is 32.5 Å². The Kier molecular flexibility index (Phi) is 5.20.